The fraction of sp³-hybridized carbons (Fsp3) is 0.235. The summed E-state index contributed by atoms with van der Waals surface area (Å²) in [5, 5.41) is 11.1. The van der Waals surface area contributed by atoms with Crippen molar-refractivity contribution in [3.05, 3.63) is 66.0 Å². The van der Waals surface area contributed by atoms with E-state index in [2.05, 4.69) is 15.5 Å². The molecule has 0 spiro atoms. The molecule has 2 aromatic heterocycles. The van der Waals surface area contributed by atoms with Crippen LogP contribution in [-0.2, 0) is 17.9 Å². The van der Waals surface area contributed by atoms with E-state index in [1.807, 2.05) is 19.1 Å². The summed E-state index contributed by atoms with van der Waals surface area (Å²) in [5.41, 5.74) is 2.45. The average Bonchev–Trinajstić information content (AvgIpc) is 3.14. The number of hydrogen-bond acceptors (Lipinski definition) is 3. The van der Waals surface area contributed by atoms with E-state index in [0.29, 0.717) is 25.2 Å². The number of benzene rings is 1. The molecule has 6 nitrogen and oxygen atoms in total. The van der Waals surface area contributed by atoms with Gasteiger partial charge < -0.3 is 5.32 Å². The number of halogens is 1. The van der Waals surface area contributed by atoms with Crippen LogP contribution in [0.2, 0.25) is 0 Å². The Morgan fingerprint density at radius 2 is 2.17 bits per heavy atom. The fourth-order valence-electron chi connectivity index (χ4n) is 2.40. The maximum atomic E-state index is 13.2. The molecule has 124 valence electrons. The van der Waals surface area contributed by atoms with Gasteiger partial charge in [0.1, 0.15) is 5.82 Å². The molecule has 7 heteroatoms. The van der Waals surface area contributed by atoms with Gasteiger partial charge in [0.15, 0.2) is 0 Å². The Kier molecular flexibility index (Phi) is 4.69. The molecule has 24 heavy (non-hydrogen) atoms. The molecule has 1 N–H and O–H groups in total. The van der Waals surface area contributed by atoms with Gasteiger partial charge in [0.25, 0.3) is 0 Å². The predicted octanol–water partition coefficient (Wildman–Crippen LogP) is 2.60. The maximum Gasteiger partial charge on any atom is 0.226 e. The summed E-state index contributed by atoms with van der Waals surface area (Å²) >= 11 is 0. The summed E-state index contributed by atoms with van der Waals surface area (Å²) in [4.78, 5) is 12.0. The molecule has 0 atom stereocenters. The molecular formula is C17H18FN5O. The summed E-state index contributed by atoms with van der Waals surface area (Å²) < 4.78 is 16.6. The van der Waals surface area contributed by atoms with Gasteiger partial charge in [-0.1, -0.05) is 12.1 Å². The van der Waals surface area contributed by atoms with Gasteiger partial charge >= 0.3 is 0 Å². The van der Waals surface area contributed by atoms with Crippen LogP contribution in [0.3, 0.4) is 0 Å². The highest BCUT2D eigenvalue weighted by Gasteiger charge is 2.07. The van der Waals surface area contributed by atoms with E-state index < -0.39 is 0 Å². The second-order valence-electron chi connectivity index (χ2n) is 5.55. The van der Waals surface area contributed by atoms with E-state index in [-0.39, 0.29) is 11.7 Å². The van der Waals surface area contributed by atoms with Crippen LogP contribution in [0, 0.1) is 12.7 Å². The summed E-state index contributed by atoms with van der Waals surface area (Å²) in [7, 11) is 0. The minimum atomic E-state index is -0.276. The van der Waals surface area contributed by atoms with Crippen LogP contribution < -0.4 is 5.32 Å². The largest absolute Gasteiger partial charge is 0.323 e. The van der Waals surface area contributed by atoms with E-state index in [1.165, 1.54) is 12.1 Å². The zero-order chi connectivity index (χ0) is 16.9. The van der Waals surface area contributed by atoms with Crippen molar-refractivity contribution in [2.24, 2.45) is 0 Å². The molecule has 0 aliphatic heterocycles. The number of nitrogens with one attached hydrogen (secondary N) is 1. The van der Waals surface area contributed by atoms with Crippen molar-refractivity contribution >= 4 is 11.6 Å². The summed E-state index contributed by atoms with van der Waals surface area (Å²) in [6.45, 7) is 2.92. The Balaban J connectivity index is 1.53. The van der Waals surface area contributed by atoms with E-state index in [9.17, 15) is 9.18 Å². The number of carbonyl (C=O) groups is 1. The first kappa shape index (κ1) is 15.9. The highest BCUT2D eigenvalue weighted by molar-refractivity contribution is 5.90. The molecular weight excluding hydrogens is 309 g/mol. The molecule has 2 heterocycles. The molecule has 0 bridgehead atoms. The van der Waals surface area contributed by atoms with Gasteiger partial charge in [-0.05, 0) is 30.7 Å². The van der Waals surface area contributed by atoms with Crippen molar-refractivity contribution in [2.45, 2.75) is 26.4 Å². The smallest absolute Gasteiger partial charge is 0.226 e. The SMILES string of the molecule is Cc1ccnn1CCC(=O)Nc1cnn(Cc2cccc(F)c2)c1. The highest BCUT2D eigenvalue weighted by Crippen LogP contribution is 2.10. The van der Waals surface area contributed by atoms with Crippen LogP contribution in [0.1, 0.15) is 17.7 Å². The number of carbonyl (C=O) groups excluding carboxylic acids is 1. The molecule has 0 saturated carbocycles. The third kappa shape index (κ3) is 4.07. The molecule has 1 amide bonds. The Morgan fingerprint density at radius 3 is 2.92 bits per heavy atom. The lowest BCUT2D eigenvalue weighted by molar-refractivity contribution is -0.116. The van der Waals surface area contributed by atoms with Crippen molar-refractivity contribution in [3.8, 4) is 0 Å². The lowest BCUT2D eigenvalue weighted by Gasteiger charge is -2.05. The zero-order valence-corrected chi connectivity index (χ0v) is 13.3. The summed E-state index contributed by atoms with van der Waals surface area (Å²) in [5.74, 6) is -0.377. The van der Waals surface area contributed by atoms with Gasteiger partial charge in [-0.2, -0.15) is 10.2 Å². The van der Waals surface area contributed by atoms with E-state index >= 15 is 0 Å². The van der Waals surface area contributed by atoms with Crippen molar-refractivity contribution in [1.82, 2.24) is 19.6 Å². The number of aromatic nitrogens is 4. The molecule has 1 aromatic carbocycles. The molecule has 0 aliphatic rings. The van der Waals surface area contributed by atoms with Gasteiger partial charge in [0.2, 0.25) is 5.91 Å². The molecule has 0 saturated heterocycles. The third-order valence-corrected chi connectivity index (χ3v) is 3.63. The number of hydrogen-bond donors (Lipinski definition) is 1. The second-order valence-corrected chi connectivity index (χ2v) is 5.55. The minimum absolute atomic E-state index is 0.102. The van der Waals surface area contributed by atoms with Gasteiger partial charge in [-0.25, -0.2) is 4.39 Å². The topological polar surface area (TPSA) is 64.7 Å². The minimum Gasteiger partial charge on any atom is -0.323 e. The molecule has 0 fully saturated rings. The first-order valence-corrected chi connectivity index (χ1v) is 7.65. The Morgan fingerprint density at radius 1 is 1.29 bits per heavy atom. The number of amides is 1. The summed E-state index contributed by atoms with van der Waals surface area (Å²) in [6, 6.07) is 8.25. The quantitative estimate of drug-likeness (QED) is 0.757. The monoisotopic (exact) mass is 327 g/mol. The third-order valence-electron chi connectivity index (χ3n) is 3.63. The number of nitrogens with zero attached hydrogens (tertiary/aromatic N) is 4. The Bertz CT molecular complexity index is 839. The van der Waals surface area contributed by atoms with E-state index in [0.717, 1.165) is 11.3 Å². The van der Waals surface area contributed by atoms with Crippen molar-refractivity contribution < 1.29 is 9.18 Å². The van der Waals surface area contributed by atoms with Crippen LogP contribution in [0.5, 0.6) is 0 Å². The Hall–Kier alpha value is -2.96. The number of anilines is 1. The predicted molar refractivity (Wildman–Crippen MR) is 87.9 cm³/mol. The molecule has 0 radical (unpaired) electrons. The maximum absolute atomic E-state index is 13.2. The van der Waals surface area contributed by atoms with Crippen molar-refractivity contribution in [2.75, 3.05) is 5.32 Å². The van der Waals surface area contributed by atoms with Gasteiger partial charge in [0.05, 0.1) is 18.4 Å². The number of aryl methyl sites for hydroxylation is 2. The summed E-state index contributed by atoms with van der Waals surface area (Å²) in [6.07, 6.45) is 5.35. The number of rotatable bonds is 6. The molecule has 3 rings (SSSR count). The lowest BCUT2D eigenvalue weighted by Crippen LogP contribution is -2.15. The zero-order valence-electron chi connectivity index (χ0n) is 13.3. The van der Waals surface area contributed by atoms with Crippen molar-refractivity contribution in [3.63, 3.8) is 0 Å². The van der Waals surface area contributed by atoms with Crippen LogP contribution >= 0.6 is 0 Å². The normalized spacial score (nSPS) is 10.8. The van der Waals surface area contributed by atoms with Crippen LogP contribution in [-0.4, -0.2) is 25.5 Å². The standard InChI is InChI=1S/C17H18FN5O/c1-13-5-7-19-23(13)8-6-17(24)21-16-10-20-22(12-16)11-14-3-2-4-15(18)9-14/h2-5,7,9-10,12H,6,8,11H2,1H3,(H,21,24). The first-order chi connectivity index (χ1) is 11.6. The Labute approximate surface area is 138 Å². The molecule has 3 aromatic rings. The van der Waals surface area contributed by atoms with Crippen LogP contribution in [0.4, 0.5) is 10.1 Å². The van der Waals surface area contributed by atoms with Gasteiger partial charge in [-0.15, -0.1) is 0 Å². The van der Waals surface area contributed by atoms with E-state index in [4.69, 9.17) is 0 Å². The van der Waals surface area contributed by atoms with E-state index in [1.54, 1.807) is 34.0 Å². The highest BCUT2D eigenvalue weighted by atomic mass is 19.1. The van der Waals surface area contributed by atoms with Crippen molar-refractivity contribution in [1.29, 1.82) is 0 Å². The van der Waals surface area contributed by atoms with Gasteiger partial charge in [0, 0.05) is 31.1 Å². The average molecular weight is 327 g/mol. The fourth-order valence-corrected chi connectivity index (χ4v) is 2.40. The second kappa shape index (κ2) is 7.08. The van der Waals surface area contributed by atoms with Crippen LogP contribution in [0.25, 0.3) is 0 Å². The van der Waals surface area contributed by atoms with Crippen LogP contribution in [0.15, 0.2) is 48.9 Å². The lowest BCUT2D eigenvalue weighted by atomic mass is 10.2. The van der Waals surface area contributed by atoms with Gasteiger partial charge in [-0.3, -0.25) is 14.2 Å². The molecule has 0 aliphatic carbocycles. The molecule has 0 unspecified atom stereocenters. The first-order valence-electron chi connectivity index (χ1n) is 7.65.